The highest BCUT2D eigenvalue weighted by Crippen LogP contribution is 2.27. The summed E-state index contributed by atoms with van der Waals surface area (Å²) in [6, 6.07) is 7.13. The summed E-state index contributed by atoms with van der Waals surface area (Å²) >= 11 is 0. The van der Waals surface area contributed by atoms with E-state index in [2.05, 4.69) is 15.5 Å². The van der Waals surface area contributed by atoms with Crippen LogP contribution in [0.15, 0.2) is 28.8 Å². The van der Waals surface area contributed by atoms with Crippen LogP contribution in [-0.2, 0) is 4.79 Å². The molecule has 1 fully saturated rings. The number of nitrogens with zero attached hydrogens (tertiary/aromatic N) is 2. The Bertz CT molecular complexity index is 647. The fourth-order valence-corrected chi connectivity index (χ4v) is 2.33. The van der Waals surface area contributed by atoms with Gasteiger partial charge in [0.05, 0.1) is 7.11 Å². The van der Waals surface area contributed by atoms with Crippen molar-refractivity contribution in [3.05, 3.63) is 30.2 Å². The van der Waals surface area contributed by atoms with Crippen LogP contribution in [0.3, 0.4) is 0 Å². The molecule has 1 aromatic carbocycles. The molecule has 0 unspecified atom stereocenters. The summed E-state index contributed by atoms with van der Waals surface area (Å²) in [6.07, 6.45) is 3.08. The molecule has 2 aromatic rings. The van der Waals surface area contributed by atoms with Gasteiger partial charge in [-0.15, -0.1) is 0 Å². The van der Waals surface area contributed by atoms with Gasteiger partial charge >= 0.3 is 0 Å². The number of nitrogens with one attached hydrogen (secondary N) is 1. The second kappa shape index (κ2) is 6.17. The SMILES string of the molecule is COc1ccc(-c2noc([C@@H](C)NC(=O)C3CCC3)n2)cc1. The summed E-state index contributed by atoms with van der Waals surface area (Å²) in [4.78, 5) is 16.3. The van der Waals surface area contributed by atoms with Gasteiger partial charge in [0.15, 0.2) is 0 Å². The van der Waals surface area contributed by atoms with Crippen LogP contribution in [0.25, 0.3) is 11.4 Å². The second-order valence-corrected chi connectivity index (χ2v) is 5.54. The second-order valence-electron chi connectivity index (χ2n) is 5.54. The number of hydrogen-bond acceptors (Lipinski definition) is 5. The van der Waals surface area contributed by atoms with Crippen molar-refractivity contribution in [2.75, 3.05) is 7.11 Å². The van der Waals surface area contributed by atoms with E-state index >= 15 is 0 Å². The van der Waals surface area contributed by atoms with E-state index < -0.39 is 0 Å². The number of rotatable bonds is 5. The van der Waals surface area contributed by atoms with E-state index in [9.17, 15) is 4.79 Å². The first kappa shape index (κ1) is 14.6. The van der Waals surface area contributed by atoms with Crippen LogP contribution in [0, 0.1) is 5.92 Å². The minimum Gasteiger partial charge on any atom is -0.497 e. The molecule has 3 rings (SSSR count). The zero-order valence-corrected chi connectivity index (χ0v) is 12.7. The zero-order valence-electron chi connectivity index (χ0n) is 12.7. The van der Waals surface area contributed by atoms with Crippen LogP contribution in [0.5, 0.6) is 5.75 Å². The Hall–Kier alpha value is -2.37. The largest absolute Gasteiger partial charge is 0.497 e. The quantitative estimate of drug-likeness (QED) is 0.918. The molecular formula is C16H19N3O3. The molecule has 1 aromatic heterocycles. The lowest BCUT2D eigenvalue weighted by Gasteiger charge is -2.25. The first-order valence-corrected chi connectivity index (χ1v) is 7.46. The highest BCUT2D eigenvalue weighted by Gasteiger charge is 2.27. The van der Waals surface area contributed by atoms with Crippen molar-refractivity contribution in [1.29, 1.82) is 0 Å². The third kappa shape index (κ3) is 2.95. The average molecular weight is 301 g/mol. The van der Waals surface area contributed by atoms with E-state index in [1.807, 2.05) is 31.2 Å². The van der Waals surface area contributed by atoms with Crippen LogP contribution in [0.1, 0.15) is 38.1 Å². The minimum atomic E-state index is -0.285. The van der Waals surface area contributed by atoms with Crippen molar-refractivity contribution in [3.8, 4) is 17.1 Å². The molecular weight excluding hydrogens is 282 g/mol. The summed E-state index contributed by atoms with van der Waals surface area (Å²) in [7, 11) is 1.62. The van der Waals surface area contributed by atoms with Crippen LogP contribution in [0.2, 0.25) is 0 Å². The van der Waals surface area contributed by atoms with Crippen molar-refractivity contribution >= 4 is 5.91 Å². The number of methoxy groups -OCH3 is 1. The molecule has 1 aliphatic carbocycles. The Labute approximate surface area is 128 Å². The highest BCUT2D eigenvalue weighted by molar-refractivity contribution is 5.79. The summed E-state index contributed by atoms with van der Waals surface area (Å²) in [5, 5.41) is 6.90. The van der Waals surface area contributed by atoms with E-state index in [1.165, 1.54) is 0 Å². The lowest BCUT2D eigenvalue weighted by molar-refractivity contribution is -0.128. The molecule has 0 saturated heterocycles. The van der Waals surface area contributed by atoms with Gasteiger partial charge in [-0.05, 0) is 44.0 Å². The average Bonchev–Trinajstić information content (AvgIpc) is 2.95. The van der Waals surface area contributed by atoms with E-state index in [1.54, 1.807) is 7.11 Å². The van der Waals surface area contributed by atoms with Crippen LogP contribution in [-0.4, -0.2) is 23.2 Å². The standard InChI is InChI=1S/C16H19N3O3/c1-10(17-15(20)12-4-3-5-12)16-18-14(19-22-16)11-6-8-13(21-2)9-7-11/h6-10,12H,3-5H2,1-2H3,(H,17,20)/t10-/m1/s1. The fourth-order valence-electron chi connectivity index (χ4n) is 2.33. The number of hydrogen-bond donors (Lipinski definition) is 1. The maximum atomic E-state index is 11.9. The smallest absolute Gasteiger partial charge is 0.249 e. The molecule has 1 atom stereocenters. The van der Waals surface area contributed by atoms with Crippen molar-refractivity contribution in [2.24, 2.45) is 5.92 Å². The molecule has 0 radical (unpaired) electrons. The number of ether oxygens (including phenoxy) is 1. The van der Waals surface area contributed by atoms with Crippen LogP contribution >= 0.6 is 0 Å². The molecule has 1 N–H and O–H groups in total. The molecule has 1 aliphatic rings. The third-order valence-electron chi connectivity index (χ3n) is 4.00. The van der Waals surface area contributed by atoms with Crippen LogP contribution < -0.4 is 10.1 Å². The van der Waals surface area contributed by atoms with E-state index in [-0.39, 0.29) is 17.9 Å². The van der Waals surface area contributed by atoms with E-state index in [0.29, 0.717) is 11.7 Å². The monoisotopic (exact) mass is 301 g/mol. The van der Waals surface area contributed by atoms with Crippen molar-refractivity contribution in [1.82, 2.24) is 15.5 Å². The number of carbonyl (C=O) groups excluding carboxylic acids is 1. The van der Waals surface area contributed by atoms with Gasteiger partial charge in [-0.25, -0.2) is 0 Å². The van der Waals surface area contributed by atoms with Gasteiger partial charge in [0, 0.05) is 11.5 Å². The van der Waals surface area contributed by atoms with Crippen molar-refractivity contribution < 1.29 is 14.1 Å². The maximum Gasteiger partial charge on any atom is 0.249 e. The summed E-state index contributed by atoms with van der Waals surface area (Å²) in [5.41, 5.74) is 0.841. The molecule has 116 valence electrons. The minimum absolute atomic E-state index is 0.0722. The summed E-state index contributed by atoms with van der Waals surface area (Å²) in [6.45, 7) is 1.85. The summed E-state index contributed by atoms with van der Waals surface area (Å²) < 4.78 is 10.4. The predicted molar refractivity (Wildman–Crippen MR) is 80.2 cm³/mol. The van der Waals surface area contributed by atoms with Crippen LogP contribution in [0.4, 0.5) is 0 Å². The van der Waals surface area contributed by atoms with E-state index in [0.717, 1.165) is 30.6 Å². The van der Waals surface area contributed by atoms with Crippen molar-refractivity contribution in [2.45, 2.75) is 32.2 Å². The highest BCUT2D eigenvalue weighted by atomic mass is 16.5. The normalized spacial score (nSPS) is 15.9. The third-order valence-corrected chi connectivity index (χ3v) is 4.00. The van der Waals surface area contributed by atoms with Gasteiger partial charge in [0.1, 0.15) is 11.8 Å². The number of benzene rings is 1. The Morgan fingerprint density at radius 2 is 2.09 bits per heavy atom. The van der Waals surface area contributed by atoms with Gasteiger partial charge in [-0.3, -0.25) is 4.79 Å². The number of aromatic nitrogens is 2. The Morgan fingerprint density at radius 3 is 2.68 bits per heavy atom. The molecule has 6 nitrogen and oxygen atoms in total. The molecule has 22 heavy (non-hydrogen) atoms. The molecule has 0 spiro atoms. The van der Waals surface area contributed by atoms with Gasteiger partial charge in [0.2, 0.25) is 17.6 Å². The molecule has 0 aliphatic heterocycles. The van der Waals surface area contributed by atoms with Crippen molar-refractivity contribution in [3.63, 3.8) is 0 Å². The predicted octanol–water partition coefficient (Wildman–Crippen LogP) is 2.72. The van der Waals surface area contributed by atoms with Gasteiger partial charge in [-0.2, -0.15) is 4.98 Å². The summed E-state index contributed by atoms with van der Waals surface area (Å²) in [5.74, 6) is 1.91. The van der Waals surface area contributed by atoms with Gasteiger partial charge < -0.3 is 14.6 Å². The van der Waals surface area contributed by atoms with E-state index in [4.69, 9.17) is 9.26 Å². The Balaban J connectivity index is 1.67. The molecule has 1 amide bonds. The Morgan fingerprint density at radius 1 is 1.36 bits per heavy atom. The molecule has 0 bridgehead atoms. The first-order chi connectivity index (χ1) is 10.7. The fraction of sp³-hybridized carbons (Fsp3) is 0.438. The molecule has 1 saturated carbocycles. The lowest BCUT2D eigenvalue weighted by Crippen LogP contribution is -2.36. The maximum absolute atomic E-state index is 11.9. The van der Waals surface area contributed by atoms with Gasteiger partial charge in [0.25, 0.3) is 0 Å². The topological polar surface area (TPSA) is 77.3 Å². The molecule has 1 heterocycles. The Kier molecular flexibility index (Phi) is 4.09. The number of carbonyl (C=O) groups is 1. The first-order valence-electron chi connectivity index (χ1n) is 7.46. The number of amides is 1. The zero-order chi connectivity index (χ0) is 15.5. The van der Waals surface area contributed by atoms with Gasteiger partial charge in [-0.1, -0.05) is 11.6 Å². The lowest BCUT2D eigenvalue weighted by atomic mass is 9.84. The molecule has 6 heteroatoms.